The van der Waals surface area contributed by atoms with Gasteiger partial charge in [0.05, 0.1) is 6.04 Å². The Morgan fingerprint density at radius 1 is 1.31 bits per heavy atom. The Morgan fingerprint density at radius 2 is 2.00 bits per heavy atom. The molecule has 1 saturated heterocycles. The van der Waals surface area contributed by atoms with E-state index in [1.165, 1.54) is 42.8 Å². The van der Waals surface area contributed by atoms with Crippen molar-refractivity contribution >= 4 is 11.3 Å². The molecule has 16 heavy (non-hydrogen) atoms. The van der Waals surface area contributed by atoms with Gasteiger partial charge < -0.3 is 5.73 Å². The SMILES string of the molecule is Cc1ccsc1C(C(C)N)N1CCCCC1. The number of thiophene rings is 1. The molecule has 0 aliphatic carbocycles. The lowest BCUT2D eigenvalue weighted by atomic mass is 10.0. The van der Waals surface area contributed by atoms with E-state index in [1.807, 2.05) is 11.3 Å². The van der Waals surface area contributed by atoms with Gasteiger partial charge in [0.1, 0.15) is 0 Å². The number of piperidine rings is 1. The lowest BCUT2D eigenvalue weighted by molar-refractivity contribution is 0.148. The van der Waals surface area contributed by atoms with Crippen LogP contribution in [-0.4, -0.2) is 24.0 Å². The van der Waals surface area contributed by atoms with E-state index >= 15 is 0 Å². The van der Waals surface area contributed by atoms with Crippen molar-refractivity contribution in [3.05, 3.63) is 21.9 Å². The lowest BCUT2D eigenvalue weighted by Crippen LogP contribution is -2.42. The smallest absolute Gasteiger partial charge is 0.0593 e. The van der Waals surface area contributed by atoms with Gasteiger partial charge in [-0.15, -0.1) is 11.3 Å². The monoisotopic (exact) mass is 238 g/mol. The van der Waals surface area contributed by atoms with Crippen LogP contribution in [0.1, 0.15) is 42.7 Å². The summed E-state index contributed by atoms with van der Waals surface area (Å²) in [5, 5.41) is 2.18. The first-order valence-corrected chi connectivity index (χ1v) is 7.11. The Balaban J connectivity index is 2.19. The van der Waals surface area contributed by atoms with Crippen LogP contribution in [0.5, 0.6) is 0 Å². The second kappa shape index (κ2) is 5.30. The average Bonchev–Trinajstić information content (AvgIpc) is 2.66. The maximum Gasteiger partial charge on any atom is 0.0593 e. The molecule has 2 N–H and O–H groups in total. The summed E-state index contributed by atoms with van der Waals surface area (Å²) < 4.78 is 0. The first kappa shape index (κ1) is 12.1. The molecule has 1 fully saturated rings. The molecule has 1 aromatic rings. The number of likely N-dealkylation sites (tertiary alicyclic amines) is 1. The molecule has 0 aromatic carbocycles. The minimum absolute atomic E-state index is 0.218. The molecule has 2 unspecified atom stereocenters. The second-order valence-corrected chi connectivity index (χ2v) is 5.82. The minimum Gasteiger partial charge on any atom is -0.326 e. The largest absolute Gasteiger partial charge is 0.326 e. The van der Waals surface area contributed by atoms with Crippen molar-refractivity contribution in [2.45, 2.75) is 45.2 Å². The third-order valence-corrected chi connectivity index (χ3v) is 4.54. The molecule has 1 aliphatic rings. The molecule has 0 saturated carbocycles. The van der Waals surface area contributed by atoms with E-state index in [2.05, 4.69) is 30.2 Å². The maximum absolute atomic E-state index is 6.19. The predicted octanol–water partition coefficient (Wildman–Crippen LogP) is 2.93. The van der Waals surface area contributed by atoms with Crippen molar-refractivity contribution < 1.29 is 0 Å². The summed E-state index contributed by atoms with van der Waals surface area (Å²) in [5.41, 5.74) is 7.59. The van der Waals surface area contributed by atoms with Gasteiger partial charge in [-0.25, -0.2) is 0 Å². The molecule has 1 aliphatic heterocycles. The van der Waals surface area contributed by atoms with Crippen LogP contribution in [0.4, 0.5) is 0 Å². The summed E-state index contributed by atoms with van der Waals surface area (Å²) in [7, 11) is 0. The second-order valence-electron chi connectivity index (χ2n) is 4.87. The fraction of sp³-hybridized carbons (Fsp3) is 0.692. The highest BCUT2D eigenvalue weighted by Crippen LogP contribution is 2.32. The van der Waals surface area contributed by atoms with Gasteiger partial charge in [0.25, 0.3) is 0 Å². The normalized spacial score (nSPS) is 21.9. The fourth-order valence-corrected chi connectivity index (χ4v) is 3.80. The third-order valence-electron chi connectivity index (χ3n) is 3.45. The van der Waals surface area contributed by atoms with Gasteiger partial charge in [-0.2, -0.15) is 0 Å². The molecule has 90 valence electrons. The third kappa shape index (κ3) is 2.47. The van der Waals surface area contributed by atoms with Crippen molar-refractivity contribution in [2.24, 2.45) is 5.73 Å². The van der Waals surface area contributed by atoms with Gasteiger partial charge in [0.15, 0.2) is 0 Å². The Kier molecular flexibility index (Phi) is 4.00. The Hall–Kier alpha value is -0.380. The van der Waals surface area contributed by atoms with Crippen molar-refractivity contribution in [2.75, 3.05) is 13.1 Å². The van der Waals surface area contributed by atoms with Crippen molar-refractivity contribution in [1.29, 1.82) is 0 Å². The van der Waals surface area contributed by atoms with Crippen molar-refractivity contribution in [3.63, 3.8) is 0 Å². The molecule has 3 heteroatoms. The highest BCUT2D eigenvalue weighted by Gasteiger charge is 2.27. The number of aryl methyl sites for hydroxylation is 1. The van der Waals surface area contributed by atoms with E-state index in [1.54, 1.807) is 0 Å². The van der Waals surface area contributed by atoms with Crippen LogP contribution in [0.3, 0.4) is 0 Å². The van der Waals surface area contributed by atoms with E-state index in [-0.39, 0.29) is 6.04 Å². The highest BCUT2D eigenvalue weighted by molar-refractivity contribution is 7.10. The molecule has 2 heterocycles. The average molecular weight is 238 g/mol. The molecule has 0 amide bonds. The van der Waals surface area contributed by atoms with Crippen LogP contribution < -0.4 is 5.73 Å². The van der Waals surface area contributed by atoms with Crippen LogP contribution in [0.2, 0.25) is 0 Å². The van der Waals surface area contributed by atoms with Crippen molar-refractivity contribution in [3.8, 4) is 0 Å². The molecule has 0 spiro atoms. The van der Waals surface area contributed by atoms with E-state index in [9.17, 15) is 0 Å². The Morgan fingerprint density at radius 3 is 2.50 bits per heavy atom. The number of nitrogens with zero attached hydrogens (tertiary/aromatic N) is 1. The van der Waals surface area contributed by atoms with Crippen LogP contribution >= 0.6 is 11.3 Å². The minimum atomic E-state index is 0.218. The maximum atomic E-state index is 6.19. The zero-order valence-corrected chi connectivity index (χ0v) is 11.1. The molecule has 2 atom stereocenters. The molecule has 0 bridgehead atoms. The number of hydrogen-bond acceptors (Lipinski definition) is 3. The summed E-state index contributed by atoms with van der Waals surface area (Å²) in [4.78, 5) is 4.05. The number of rotatable bonds is 3. The molecular weight excluding hydrogens is 216 g/mol. The summed E-state index contributed by atoms with van der Waals surface area (Å²) in [6.07, 6.45) is 4.03. The van der Waals surface area contributed by atoms with Crippen LogP contribution in [0, 0.1) is 6.92 Å². The van der Waals surface area contributed by atoms with Gasteiger partial charge >= 0.3 is 0 Å². The molecule has 0 radical (unpaired) electrons. The number of nitrogens with two attached hydrogens (primary N) is 1. The van der Waals surface area contributed by atoms with E-state index in [0.717, 1.165) is 0 Å². The topological polar surface area (TPSA) is 29.3 Å². The fourth-order valence-electron chi connectivity index (χ4n) is 2.62. The first-order valence-electron chi connectivity index (χ1n) is 6.24. The highest BCUT2D eigenvalue weighted by atomic mass is 32.1. The van der Waals surface area contributed by atoms with E-state index in [0.29, 0.717) is 6.04 Å². The first-order chi connectivity index (χ1) is 7.70. The molecule has 2 rings (SSSR count). The van der Waals surface area contributed by atoms with Gasteiger partial charge in [-0.3, -0.25) is 4.90 Å². The zero-order valence-electron chi connectivity index (χ0n) is 10.3. The summed E-state index contributed by atoms with van der Waals surface area (Å²) >= 11 is 1.86. The molecular formula is C13H22N2S. The molecule has 2 nitrogen and oxygen atoms in total. The van der Waals surface area contributed by atoms with Gasteiger partial charge in [-0.1, -0.05) is 6.42 Å². The van der Waals surface area contributed by atoms with Crippen molar-refractivity contribution in [1.82, 2.24) is 4.90 Å². The van der Waals surface area contributed by atoms with Gasteiger partial charge in [0, 0.05) is 10.9 Å². The summed E-state index contributed by atoms with van der Waals surface area (Å²) in [6.45, 7) is 6.76. The predicted molar refractivity (Wildman–Crippen MR) is 70.9 cm³/mol. The van der Waals surface area contributed by atoms with E-state index < -0.39 is 0 Å². The number of hydrogen-bond donors (Lipinski definition) is 1. The Labute approximate surface area is 102 Å². The van der Waals surface area contributed by atoms with Crippen LogP contribution in [-0.2, 0) is 0 Å². The van der Waals surface area contributed by atoms with Crippen LogP contribution in [0.25, 0.3) is 0 Å². The Bertz CT molecular complexity index is 326. The zero-order chi connectivity index (χ0) is 11.5. The standard InChI is InChI=1S/C13H22N2S/c1-10-6-9-16-13(10)12(11(2)14)15-7-4-3-5-8-15/h6,9,11-12H,3-5,7-8,14H2,1-2H3. The summed E-state index contributed by atoms with van der Waals surface area (Å²) in [6, 6.07) is 2.86. The molecule has 1 aromatic heterocycles. The van der Waals surface area contributed by atoms with Gasteiger partial charge in [-0.05, 0) is 56.8 Å². The summed E-state index contributed by atoms with van der Waals surface area (Å²) in [5.74, 6) is 0. The van der Waals surface area contributed by atoms with Gasteiger partial charge in [0.2, 0.25) is 0 Å². The van der Waals surface area contributed by atoms with Crippen LogP contribution in [0.15, 0.2) is 11.4 Å². The quantitative estimate of drug-likeness (QED) is 0.877. The van der Waals surface area contributed by atoms with E-state index in [4.69, 9.17) is 5.73 Å². The lowest BCUT2D eigenvalue weighted by Gasteiger charge is -2.36.